The van der Waals surface area contributed by atoms with Crippen molar-refractivity contribution in [1.29, 1.82) is 0 Å². The second kappa shape index (κ2) is 7.59. The first kappa shape index (κ1) is 18.8. The normalized spacial score (nSPS) is 16.4. The summed E-state index contributed by atoms with van der Waals surface area (Å²) in [4.78, 5) is 6.71. The van der Waals surface area contributed by atoms with Crippen LogP contribution in [0.2, 0.25) is 0 Å². The number of imidazole rings is 1. The van der Waals surface area contributed by atoms with E-state index < -0.39 is 6.10 Å². The van der Waals surface area contributed by atoms with Crippen LogP contribution in [0.5, 0.6) is 0 Å². The molecule has 2 unspecified atom stereocenters. The molecule has 7 nitrogen and oxygen atoms in total. The average Bonchev–Trinajstić information content (AvgIpc) is 3.38. The van der Waals surface area contributed by atoms with E-state index >= 15 is 0 Å². The van der Waals surface area contributed by atoms with Gasteiger partial charge in [0, 0.05) is 31.8 Å². The monoisotopic (exact) mass is 402 g/mol. The van der Waals surface area contributed by atoms with Crippen LogP contribution >= 0.6 is 0 Å². The lowest BCUT2D eigenvalue weighted by Crippen LogP contribution is -2.49. The molecule has 0 radical (unpaired) electrons. The SMILES string of the molecule is CC(O)C(Nc1cc(-c2ccc3c(c2)ncn3C)[nH]n1)N1CCc2ccccc2C1. The number of hydrogen-bond donors (Lipinski definition) is 3. The van der Waals surface area contributed by atoms with Crippen molar-refractivity contribution in [3.05, 3.63) is 66.0 Å². The Kier molecular flexibility index (Phi) is 4.77. The molecule has 2 aromatic carbocycles. The van der Waals surface area contributed by atoms with Gasteiger partial charge in [-0.25, -0.2) is 4.98 Å². The number of anilines is 1. The number of aliphatic hydroxyl groups is 1. The Morgan fingerprint density at radius 3 is 2.80 bits per heavy atom. The number of fused-ring (bicyclic) bond motifs is 2. The summed E-state index contributed by atoms with van der Waals surface area (Å²) in [6, 6.07) is 16.7. The van der Waals surface area contributed by atoms with Crippen LogP contribution in [0.4, 0.5) is 5.82 Å². The molecule has 154 valence electrons. The first-order chi connectivity index (χ1) is 14.6. The van der Waals surface area contributed by atoms with Crippen molar-refractivity contribution < 1.29 is 5.11 Å². The Morgan fingerprint density at radius 2 is 1.97 bits per heavy atom. The predicted octanol–water partition coefficient (Wildman–Crippen LogP) is 3.14. The molecular formula is C23H26N6O. The van der Waals surface area contributed by atoms with Gasteiger partial charge in [0.1, 0.15) is 12.0 Å². The molecule has 2 aromatic heterocycles. The summed E-state index contributed by atoms with van der Waals surface area (Å²) in [6.45, 7) is 3.53. The molecule has 3 N–H and O–H groups in total. The van der Waals surface area contributed by atoms with Crippen molar-refractivity contribution in [2.24, 2.45) is 7.05 Å². The van der Waals surface area contributed by atoms with Crippen molar-refractivity contribution in [3.8, 4) is 11.3 Å². The fraction of sp³-hybridized carbons (Fsp3) is 0.304. The van der Waals surface area contributed by atoms with Gasteiger partial charge >= 0.3 is 0 Å². The van der Waals surface area contributed by atoms with E-state index in [1.807, 2.05) is 30.9 Å². The lowest BCUT2D eigenvalue weighted by Gasteiger charge is -2.37. The molecule has 0 fully saturated rings. The van der Waals surface area contributed by atoms with E-state index in [2.05, 4.69) is 67.9 Å². The van der Waals surface area contributed by atoms with Crippen molar-refractivity contribution in [3.63, 3.8) is 0 Å². The molecular weight excluding hydrogens is 376 g/mol. The highest BCUT2D eigenvalue weighted by atomic mass is 16.3. The van der Waals surface area contributed by atoms with Gasteiger partial charge in [-0.1, -0.05) is 30.3 Å². The molecule has 5 rings (SSSR count). The highest BCUT2D eigenvalue weighted by Crippen LogP contribution is 2.26. The lowest BCUT2D eigenvalue weighted by atomic mass is 9.99. The minimum absolute atomic E-state index is 0.215. The number of benzene rings is 2. The van der Waals surface area contributed by atoms with E-state index in [1.54, 1.807) is 0 Å². The van der Waals surface area contributed by atoms with Crippen LogP contribution in [-0.4, -0.2) is 48.6 Å². The van der Waals surface area contributed by atoms with Crippen molar-refractivity contribution >= 4 is 16.9 Å². The number of aromatic amines is 1. The molecule has 0 aliphatic carbocycles. The minimum atomic E-state index is -0.541. The van der Waals surface area contributed by atoms with Crippen LogP contribution in [0.3, 0.4) is 0 Å². The van der Waals surface area contributed by atoms with Crippen molar-refractivity contribution in [1.82, 2.24) is 24.6 Å². The van der Waals surface area contributed by atoms with Gasteiger partial charge in [0.05, 0.1) is 29.2 Å². The summed E-state index contributed by atoms with van der Waals surface area (Å²) in [5.41, 5.74) is 6.71. The maximum absolute atomic E-state index is 10.5. The number of aryl methyl sites for hydroxylation is 1. The number of rotatable bonds is 5. The minimum Gasteiger partial charge on any atom is -0.390 e. The second-order valence-electron chi connectivity index (χ2n) is 8.04. The standard InChI is InChI=1S/C23H26N6O/c1-15(30)23(29-10-9-16-5-3-4-6-18(16)13-29)25-22-12-19(26-27-22)17-7-8-21-20(11-17)24-14-28(21)2/h3-8,11-12,14-15,23,30H,9-10,13H2,1-2H3,(H2,25,26,27). The van der Waals surface area contributed by atoms with Gasteiger partial charge in [0.25, 0.3) is 0 Å². The number of aromatic nitrogens is 4. The Bertz CT molecular complexity index is 1180. The fourth-order valence-corrected chi connectivity index (χ4v) is 4.27. The lowest BCUT2D eigenvalue weighted by molar-refractivity contribution is 0.0674. The summed E-state index contributed by atoms with van der Waals surface area (Å²) in [7, 11) is 1.99. The van der Waals surface area contributed by atoms with E-state index in [-0.39, 0.29) is 6.17 Å². The number of nitrogens with one attached hydrogen (secondary N) is 2. The molecule has 0 saturated carbocycles. The Labute approximate surface area is 175 Å². The summed E-state index contributed by atoms with van der Waals surface area (Å²) < 4.78 is 2.00. The zero-order valence-corrected chi connectivity index (χ0v) is 17.2. The quantitative estimate of drug-likeness (QED) is 0.478. The van der Waals surface area contributed by atoms with E-state index in [1.165, 1.54) is 11.1 Å². The smallest absolute Gasteiger partial charge is 0.149 e. The second-order valence-corrected chi connectivity index (χ2v) is 8.04. The first-order valence-corrected chi connectivity index (χ1v) is 10.3. The van der Waals surface area contributed by atoms with Gasteiger partial charge in [-0.3, -0.25) is 10.00 Å². The van der Waals surface area contributed by atoms with E-state index in [0.29, 0.717) is 0 Å². The summed E-state index contributed by atoms with van der Waals surface area (Å²) >= 11 is 0. The molecule has 0 bridgehead atoms. The summed E-state index contributed by atoms with van der Waals surface area (Å²) in [6.07, 6.45) is 2.04. The topological polar surface area (TPSA) is 82.0 Å². The fourth-order valence-electron chi connectivity index (χ4n) is 4.27. The average molecular weight is 403 g/mol. The molecule has 7 heteroatoms. The highest BCUT2D eigenvalue weighted by Gasteiger charge is 2.27. The molecule has 2 atom stereocenters. The van der Waals surface area contributed by atoms with Gasteiger partial charge in [-0.05, 0) is 36.6 Å². The largest absolute Gasteiger partial charge is 0.390 e. The Morgan fingerprint density at radius 1 is 1.13 bits per heavy atom. The zero-order valence-electron chi connectivity index (χ0n) is 17.2. The van der Waals surface area contributed by atoms with E-state index in [9.17, 15) is 5.11 Å². The molecule has 0 amide bonds. The zero-order chi connectivity index (χ0) is 20.7. The maximum atomic E-state index is 10.5. The third kappa shape index (κ3) is 3.46. The van der Waals surface area contributed by atoms with Crippen LogP contribution in [0, 0.1) is 0 Å². The number of nitrogens with zero attached hydrogens (tertiary/aromatic N) is 4. The highest BCUT2D eigenvalue weighted by molar-refractivity contribution is 5.81. The number of aliphatic hydroxyl groups excluding tert-OH is 1. The van der Waals surface area contributed by atoms with E-state index in [4.69, 9.17) is 0 Å². The molecule has 0 saturated heterocycles. The molecule has 4 aromatic rings. The number of hydrogen-bond acceptors (Lipinski definition) is 5. The van der Waals surface area contributed by atoms with E-state index in [0.717, 1.165) is 47.6 Å². The van der Waals surface area contributed by atoms with Gasteiger partial charge in [-0.2, -0.15) is 5.10 Å². The van der Waals surface area contributed by atoms with Crippen LogP contribution < -0.4 is 5.32 Å². The first-order valence-electron chi connectivity index (χ1n) is 10.3. The molecule has 1 aliphatic rings. The predicted molar refractivity (Wildman–Crippen MR) is 118 cm³/mol. The molecule has 30 heavy (non-hydrogen) atoms. The van der Waals surface area contributed by atoms with Crippen molar-refractivity contribution in [2.45, 2.75) is 32.2 Å². The number of H-pyrrole nitrogens is 1. The van der Waals surface area contributed by atoms with Gasteiger partial charge < -0.3 is 15.0 Å². The summed E-state index contributed by atoms with van der Waals surface area (Å²) in [5.74, 6) is 0.718. The molecule has 3 heterocycles. The van der Waals surface area contributed by atoms with Crippen LogP contribution in [0.1, 0.15) is 18.1 Å². The van der Waals surface area contributed by atoms with Gasteiger partial charge in [0.2, 0.25) is 0 Å². The Hall–Kier alpha value is -3.16. The Balaban J connectivity index is 1.36. The summed E-state index contributed by atoms with van der Waals surface area (Å²) in [5, 5.41) is 21.4. The van der Waals surface area contributed by atoms with Crippen molar-refractivity contribution in [2.75, 3.05) is 11.9 Å². The molecule has 1 aliphatic heterocycles. The van der Waals surface area contributed by atoms with Gasteiger partial charge in [0.15, 0.2) is 0 Å². The third-order valence-electron chi connectivity index (χ3n) is 5.92. The molecule has 0 spiro atoms. The van der Waals surface area contributed by atoms with Crippen LogP contribution in [0.15, 0.2) is 54.9 Å². The maximum Gasteiger partial charge on any atom is 0.149 e. The third-order valence-corrected chi connectivity index (χ3v) is 5.92. The van der Waals surface area contributed by atoms with Crippen LogP contribution in [0.25, 0.3) is 22.3 Å². The van der Waals surface area contributed by atoms with Crippen LogP contribution in [-0.2, 0) is 20.0 Å². The van der Waals surface area contributed by atoms with Gasteiger partial charge in [-0.15, -0.1) is 0 Å².